The number of esters is 1. The smallest absolute Gasteiger partial charge is 0.535 e. The molecule has 0 unspecified atom stereocenters. The second-order valence-corrected chi connectivity index (χ2v) is 1.33. The van der Waals surface area contributed by atoms with Gasteiger partial charge >= 0.3 is 26.4 Å². The predicted octanol–water partition coefficient (Wildman–Crippen LogP) is -0.859. The van der Waals surface area contributed by atoms with Crippen molar-refractivity contribution in [1.82, 2.24) is 0 Å². The van der Waals surface area contributed by atoms with Crippen LogP contribution in [0.3, 0.4) is 0 Å². The molecule has 0 aromatic carbocycles. The molecular weight excluding hydrogens is 168 g/mol. The van der Waals surface area contributed by atoms with Gasteiger partial charge < -0.3 is 9.39 Å². The molecule has 0 aliphatic rings. The van der Waals surface area contributed by atoms with Gasteiger partial charge in [-0.05, 0) is 0 Å². The van der Waals surface area contributed by atoms with E-state index in [4.69, 9.17) is 0 Å². The fourth-order valence-electron chi connectivity index (χ4n) is 0.230. The van der Waals surface area contributed by atoms with Crippen LogP contribution >= 0.6 is 0 Å². The first-order valence-electron chi connectivity index (χ1n) is 2.25. The van der Waals surface area contributed by atoms with Crippen molar-refractivity contribution in [2.45, 2.75) is 6.36 Å². The largest absolute Gasteiger partial charge is 0.575 e. The van der Waals surface area contributed by atoms with Crippen LogP contribution in [0.4, 0.5) is 13.2 Å². The quantitative estimate of drug-likeness (QED) is 0.269. The third-order valence-electron chi connectivity index (χ3n) is 0.560. The van der Waals surface area contributed by atoms with E-state index < -0.39 is 18.3 Å². The summed E-state index contributed by atoms with van der Waals surface area (Å²) in [6.45, 7) is 0. The van der Waals surface area contributed by atoms with E-state index in [1.807, 2.05) is 0 Å². The molecule has 0 radical (unpaired) electrons. The number of hydrogen-bond acceptors (Lipinski definition) is 4. The molecule has 4 nitrogen and oxygen atoms in total. The molecule has 0 N–H and O–H groups in total. The first-order valence-corrected chi connectivity index (χ1v) is 2.25. The van der Waals surface area contributed by atoms with Gasteiger partial charge in [0.15, 0.2) is 0 Å². The van der Waals surface area contributed by atoms with E-state index in [0.29, 0.717) is 0 Å². The molecule has 0 heterocycles. The van der Waals surface area contributed by atoms with Crippen LogP contribution in [0.15, 0.2) is 0 Å². The van der Waals surface area contributed by atoms with E-state index in [2.05, 4.69) is 9.39 Å². The molecule has 0 aromatic heterocycles. The highest BCUT2D eigenvalue weighted by atomic mass is 19.4. The second-order valence-electron chi connectivity index (χ2n) is 1.33. The Bertz CT molecular complexity index is 176. The van der Waals surface area contributed by atoms with E-state index in [0.717, 1.165) is 8.05 Å². The molecule has 0 amide bonds. The fraction of sp³-hybridized carbons (Fsp3) is 0.333. The zero-order valence-corrected chi connectivity index (χ0v) is 5.27. The summed E-state index contributed by atoms with van der Waals surface area (Å²) in [4.78, 5) is 20.0. The van der Waals surface area contributed by atoms with Crippen LogP contribution in [-0.4, -0.2) is 26.4 Å². The maximum atomic E-state index is 11.2. The minimum absolute atomic E-state index is 0.764. The molecule has 0 aromatic rings. The van der Waals surface area contributed by atoms with Crippen LogP contribution < -0.4 is 0 Å². The van der Waals surface area contributed by atoms with E-state index in [9.17, 15) is 22.8 Å². The molecular formula is C3H2BF3O4. The monoisotopic (exact) mass is 170 g/mol. The lowest BCUT2D eigenvalue weighted by molar-refractivity contribution is -0.304. The summed E-state index contributed by atoms with van der Waals surface area (Å²) < 4.78 is 39.8. The Morgan fingerprint density at radius 2 is 1.64 bits per heavy atom. The normalized spacial score (nSPS) is 10.5. The summed E-state index contributed by atoms with van der Waals surface area (Å²) in [6.07, 6.45) is -5.15. The summed E-state index contributed by atoms with van der Waals surface area (Å²) >= 11 is 0. The van der Waals surface area contributed by atoms with Crippen molar-refractivity contribution < 1.29 is 32.2 Å². The Balaban J connectivity index is 3.99. The Labute approximate surface area is 59.7 Å². The highest BCUT2D eigenvalue weighted by Gasteiger charge is 2.36. The maximum absolute atomic E-state index is 11.2. The Kier molecular flexibility index (Phi) is 2.91. The van der Waals surface area contributed by atoms with Crippen molar-refractivity contribution in [1.29, 1.82) is 0 Å². The van der Waals surface area contributed by atoms with Crippen molar-refractivity contribution in [3.05, 3.63) is 0 Å². The number of carbonyl (C=O) groups excluding carboxylic acids is 2. The Morgan fingerprint density at radius 1 is 1.18 bits per heavy atom. The molecule has 0 atom stereocenters. The Morgan fingerprint density at radius 3 is 1.91 bits per heavy atom. The van der Waals surface area contributed by atoms with Crippen LogP contribution in [0.5, 0.6) is 0 Å². The van der Waals surface area contributed by atoms with Gasteiger partial charge in [-0.25, -0.2) is 9.59 Å². The molecule has 0 bridgehead atoms. The lowest BCUT2D eigenvalue weighted by Crippen LogP contribution is -2.26. The number of alkyl halides is 3. The standard InChI is InChI=1S/C3H2BF3O4/c4-11-2(9)1(8)10-3(5,6)7/h4H2. The van der Waals surface area contributed by atoms with E-state index in [1.165, 1.54) is 0 Å². The minimum Gasteiger partial charge on any atom is -0.535 e. The predicted molar refractivity (Wildman–Crippen MR) is 26.8 cm³/mol. The number of rotatable bonds is 0. The van der Waals surface area contributed by atoms with Gasteiger partial charge in [-0.1, -0.05) is 0 Å². The molecule has 0 rings (SSSR count). The van der Waals surface area contributed by atoms with Gasteiger partial charge in [0.2, 0.25) is 0 Å². The first-order chi connectivity index (χ1) is 4.87. The van der Waals surface area contributed by atoms with Crippen LogP contribution in [0, 0.1) is 0 Å². The number of halogens is 3. The van der Waals surface area contributed by atoms with Crippen molar-refractivity contribution in [3.8, 4) is 0 Å². The third kappa shape index (κ3) is 4.23. The summed E-state index contributed by atoms with van der Waals surface area (Å²) in [5.74, 6) is -3.78. The van der Waals surface area contributed by atoms with Crippen molar-refractivity contribution in [3.63, 3.8) is 0 Å². The average molecular weight is 170 g/mol. The highest BCUT2D eigenvalue weighted by Crippen LogP contribution is 2.16. The molecule has 8 heteroatoms. The van der Waals surface area contributed by atoms with E-state index >= 15 is 0 Å². The van der Waals surface area contributed by atoms with Gasteiger partial charge in [0.25, 0.3) is 0 Å². The van der Waals surface area contributed by atoms with Crippen LogP contribution in [0.2, 0.25) is 0 Å². The van der Waals surface area contributed by atoms with Crippen molar-refractivity contribution >= 4 is 20.0 Å². The summed E-state index contributed by atoms with van der Waals surface area (Å²) in [5.41, 5.74) is 0. The van der Waals surface area contributed by atoms with Gasteiger partial charge in [-0.2, -0.15) is 0 Å². The first kappa shape index (κ1) is 9.79. The van der Waals surface area contributed by atoms with Crippen molar-refractivity contribution in [2.24, 2.45) is 0 Å². The molecule has 11 heavy (non-hydrogen) atoms. The zero-order valence-electron chi connectivity index (χ0n) is 5.27. The van der Waals surface area contributed by atoms with Gasteiger partial charge in [0.05, 0.1) is 0 Å². The number of hydrogen-bond donors (Lipinski definition) is 0. The van der Waals surface area contributed by atoms with E-state index in [-0.39, 0.29) is 0 Å². The molecule has 0 saturated heterocycles. The van der Waals surface area contributed by atoms with Crippen LogP contribution in [0.25, 0.3) is 0 Å². The van der Waals surface area contributed by atoms with E-state index in [1.54, 1.807) is 0 Å². The maximum Gasteiger partial charge on any atom is 0.575 e. The van der Waals surface area contributed by atoms with Gasteiger partial charge in [-0.3, -0.25) is 0 Å². The second kappa shape index (κ2) is 3.26. The summed E-state index contributed by atoms with van der Waals surface area (Å²) in [6, 6.07) is 0. The SMILES string of the molecule is BOC(=O)C(=O)OC(F)(F)F. The van der Waals surface area contributed by atoms with Gasteiger partial charge in [-0.15, -0.1) is 13.2 Å². The molecule has 62 valence electrons. The molecule has 0 aliphatic carbocycles. The third-order valence-corrected chi connectivity index (χ3v) is 0.560. The fourth-order valence-corrected chi connectivity index (χ4v) is 0.230. The number of carbonyl (C=O) groups is 2. The van der Waals surface area contributed by atoms with Crippen LogP contribution in [0.1, 0.15) is 0 Å². The Hall–Kier alpha value is -1.21. The van der Waals surface area contributed by atoms with Gasteiger partial charge in [0, 0.05) is 0 Å². The lowest BCUT2D eigenvalue weighted by Gasteiger charge is -2.04. The van der Waals surface area contributed by atoms with Gasteiger partial charge in [0.1, 0.15) is 0 Å². The minimum atomic E-state index is -5.15. The molecule has 0 saturated carbocycles. The topological polar surface area (TPSA) is 52.6 Å². The lowest BCUT2D eigenvalue weighted by atomic mass is 10.5. The molecule has 0 spiro atoms. The van der Waals surface area contributed by atoms with Crippen molar-refractivity contribution in [2.75, 3.05) is 0 Å². The molecule has 0 aliphatic heterocycles. The summed E-state index contributed by atoms with van der Waals surface area (Å²) in [7, 11) is 0.764. The number of ether oxygens (including phenoxy) is 1. The molecule has 0 fully saturated rings. The summed E-state index contributed by atoms with van der Waals surface area (Å²) in [5, 5.41) is 0. The van der Waals surface area contributed by atoms with Crippen LogP contribution in [-0.2, 0) is 19.0 Å². The zero-order chi connectivity index (χ0) is 9.07. The average Bonchev–Trinajstić information content (AvgIpc) is 1.82. The highest BCUT2D eigenvalue weighted by molar-refractivity contribution is 6.33.